The molecule has 2 atom stereocenters. The van der Waals surface area contributed by atoms with Crippen LogP contribution in [0.25, 0.3) is 0 Å². The van der Waals surface area contributed by atoms with E-state index in [0.29, 0.717) is 6.54 Å². The number of carbonyl (C=O) groups is 2. The van der Waals surface area contributed by atoms with Crippen molar-refractivity contribution in [3.05, 3.63) is 0 Å². The highest BCUT2D eigenvalue weighted by Crippen LogP contribution is 2.07. The molecule has 86 valence electrons. The van der Waals surface area contributed by atoms with Crippen molar-refractivity contribution in [2.75, 3.05) is 27.2 Å². The minimum absolute atomic E-state index is 0.0313. The maximum atomic E-state index is 11.7. The Morgan fingerprint density at radius 1 is 1.60 bits per heavy atom. The van der Waals surface area contributed by atoms with E-state index in [1.165, 1.54) is 0 Å². The van der Waals surface area contributed by atoms with E-state index in [0.717, 1.165) is 13.0 Å². The fraction of sp³-hybridized carbons (Fsp3) is 0.800. The molecule has 0 aliphatic carbocycles. The SMILES string of the molecule is CNC(=O)C(C)CN(C)C(=O)[C@H]1CCN1. The molecule has 2 amide bonds. The van der Waals surface area contributed by atoms with E-state index in [2.05, 4.69) is 10.6 Å². The number of rotatable bonds is 4. The maximum Gasteiger partial charge on any atom is 0.239 e. The first kappa shape index (κ1) is 12.0. The Morgan fingerprint density at radius 2 is 2.20 bits per heavy atom. The van der Waals surface area contributed by atoms with Crippen LogP contribution in [-0.4, -0.2) is 49.9 Å². The molecule has 0 aromatic carbocycles. The molecule has 1 fully saturated rings. The lowest BCUT2D eigenvalue weighted by atomic mass is 10.1. The summed E-state index contributed by atoms with van der Waals surface area (Å²) in [6, 6.07) is -0.0353. The van der Waals surface area contributed by atoms with Crippen molar-refractivity contribution >= 4 is 11.8 Å². The third-order valence-electron chi connectivity index (χ3n) is 2.74. The highest BCUT2D eigenvalue weighted by atomic mass is 16.2. The van der Waals surface area contributed by atoms with Gasteiger partial charge in [0.05, 0.1) is 12.0 Å². The van der Waals surface area contributed by atoms with E-state index in [9.17, 15) is 9.59 Å². The minimum atomic E-state index is -0.163. The van der Waals surface area contributed by atoms with Gasteiger partial charge in [-0.3, -0.25) is 9.59 Å². The number of likely N-dealkylation sites (N-methyl/N-ethyl adjacent to an activating group) is 1. The summed E-state index contributed by atoms with van der Waals surface area (Å²) in [5.74, 6) is -0.114. The molecular weight excluding hydrogens is 194 g/mol. The molecular formula is C10H19N3O2. The van der Waals surface area contributed by atoms with Crippen molar-refractivity contribution in [2.45, 2.75) is 19.4 Å². The van der Waals surface area contributed by atoms with Gasteiger partial charge in [-0.2, -0.15) is 0 Å². The Balaban J connectivity index is 2.36. The van der Waals surface area contributed by atoms with Crippen molar-refractivity contribution in [3.8, 4) is 0 Å². The standard InChI is InChI=1S/C10H19N3O2/c1-7(9(14)11-2)6-13(3)10(15)8-4-5-12-8/h7-8,12H,4-6H2,1-3H3,(H,11,14)/t7?,8-/m1/s1. The molecule has 1 aliphatic heterocycles. The number of hydrogen-bond donors (Lipinski definition) is 2. The molecule has 5 nitrogen and oxygen atoms in total. The summed E-state index contributed by atoms with van der Waals surface area (Å²) in [4.78, 5) is 24.6. The highest BCUT2D eigenvalue weighted by molar-refractivity contribution is 5.84. The van der Waals surface area contributed by atoms with Crippen LogP contribution in [0.2, 0.25) is 0 Å². The summed E-state index contributed by atoms with van der Waals surface area (Å²) in [7, 11) is 3.34. The van der Waals surface area contributed by atoms with Crippen LogP contribution in [0.5, 0.6) is 0 Å². The van der Waals surface area contributed by atoms with Crippen LogP contribution < -0.4 is 10.6 Å². The largest absolute Gasteiger partial charge is 0.359 e. The van der Waals surface area contributed by atoms with Crippen LogP contribution in [0.4, 0.5) is 0 Å². The predicted molar refractivity (Wildman–Crippen MR) is 57.3 cm³/mol. The van der Waals surface area contributed by atoms with Gasteiger partial charge in [0.2, 0.25) is 11.8 Å². The third-order valence-corrected chi connectivity index (χ3v) is 2.74. The number of amides is 2. The second-order valence-electron chi connectivity index (χ2n) is 4.03. The molecule has 0 saturated carbocycles. The monoisotopic (exact) mass is 213 g/mol. The van der Waals surface area contributed by atoms with E-state index in [-0.39, 0.29) is 23.8 Å². The van der Waals surface area contributed by atoms with Crippen molar-refractivity contribution in [1.82, 2.24) is 15.5 Å². The molecule has 15 heavy (non-hydrogen) atoms. The lowest BCUT2D eigenvalue weighted by Crippen LogP contribution is -2.54. The third kappa shape index (κ3) is 2.92. The van der Waals surface area contributed by atoms with Gasteiger partial charge in [-0.15, -0.1) is 0 Å². The zero-order valence-corrected chi connectivity index (χ0v) is 9.54. The topological polar surface area (TPSA) is 61.4 Å². The molecule has 2 N–H and O–H groups in total. The fourth-order valence-corrected chi connectivity index (χ4v) is 1.60. The van der Waals surface area contributed by atoms with Crippen molar-refractivity contribution in [3.63, 3.8) is 0 Å². The molecule has 1 saturated heterocycles. The molecule has 0 bridgehead atoms. The molecule has 5 heteroatoms. The number of hydrogen-bond acceptors (Lipinski definition) is 3. The first-order valence-corrected chi connectivity index (χ1v) is 5.26. The zero-order valence-electron chi connectivity index (χ0n) is 9.54. The number of nitrogens with one attached hydrogen (secondary N) is 2. The molecule has 1 rings (SSSR count). The van der Waals surface area contributed by atoms with Crippen molar-refractivity contribution < 1.29 is 9.59 Å². The molecule has 1 aliphatic rings. The van der Waals surface area contributed by atoms with Crippen molar-refractivity contribution in [2.24, 2.45) is 5.92 Å². The van der Waals surface area contributed by atoms with Crippen LogP contribution in [0.15, 0.2) is 0 Å². The number of carbonyl (C=O) groups excluding carboxylic acids is 2. The normalized spacial score (nSPS) is 21.4. The van der Waals surface area contributed by atoms with Crippen LogP contribution in [0, 0.1) is 5.92 Å². The first-order valence-electron chi connectivity index (χ1n) is 5.26. The van der Waals surface area contributed by atoms with Crippen LogP contribution in [-0.2, 0) is 9.59 Å². The van der Waals surface area contributed by atoms with E-state index >= 15 is 0 Å². The summed E-state index contributed by atoms with van der Waals surface area (Å²) in [5.41, 5.74) is 0. The Labute approximate surface area is 90.2 Å². The van der Waals surface area contributed by atoms with E-state index in [1.54, 1.807) is 19.0 Å². The van der Waals surface area contributed by atoms with E-state index in [1.807, 2.05) is 6.92 Å². The highest BCUT2D eigenvalue weighted by Gasteiger charge is 2.28. The Morgan fingerprint density at radius 3 is 2.60 bits per heavy atom. The van der Waals surface area contributed by atoms with E-state index < -0.39 is 0 Å². The average molecular weight is 213 g/mol. The van der Waals surface area contributed by atoms with Gasteiger partial charge < -0.3 is 15.5 Å². The van der Waals surface area contributed by atoms with Gasteiger partial charge >= 0.3 is 0 Å². The van der Waals surface area contributed by atoms with Gasteiger partial charge in [0.25, 0.3) is 0 Å². The molecule has 1 heterocycles. The quantitative estimate of drug-likeness (QED) is 0.642. The number of nitrogens with zero attached hydrogens (tertiary/aromatic N) is 1. The Kier molecular flexibility index (Phi) is 4.08. The smallest absolute Gasteiger partial charge is 0.239 e. The Hall–Kier alpha value is -1.10. The zero-order chi connectivity index (χ0) is 11.4. The van der Waals surface area contributed by atoms with Gasteiger partial charge in [-0.25, -0.2) is 0 Å². The van der Waals surface area contributed by atoms with Gasteiger partial charge in [-0.1, -0.05) is 6.92 Å². The van der Waals surface area contributed by atoms with Crippen LogP contribution in [0.3, 0.4) is 0 Å². The predicted octanol–water partition coefficient (Wildman–Crippen LogP) is -0.811. The summed E-state index contributed by atoms with van der Waals surface area (Å²) in [6.45, 7) is 3.20. The van der Waals surface area contributed by atoms with Crippen LogP contribution in [0.1, 0.15) is 13.3 Å². The van der Waals surface area contributed by atoms with E-state index in [4.69, 9.17) is 0 Å². The summed E-state index contributed by atoms with van der Waals surface area (Å²) in [5, 5.41) is 5.62. The molecule has 0 aromatic rings. The second-order valence-corrected chi connectivity index (χ2v) is 4.03. The lowest BCUT2D eigenvalue weighted by molar-refractivity contribution is -0.135. The Bertz CT molecular complexity index is 251. The average Bonchev–Trinajstić information content (AvgIpc) is 2.13. The summed E-state index contributed by atoms with van der Waals surface area (Å²) < 4.78 is 0. The molecule has 0 aromatic heterocycles. The summed E-state index contributed by atoms with van der Waals surface area (Å²) in [6.07, 6.45) is 0.900. The van der Waals surface area contributed by atoms with Gasteiger partial charge in [0.15, 0.2) is 0 Å². The van der Waals surface area contributed by atoms with Crippen molar-refractivity contribution in [1.29, 1.82) is 0 Å². The fourth-order valence-electron chi connectivity index (χ4n) is 1.60. The maximum absolute atomic E-state index is 11.7. The van der Waals surface area contributed by atoms with Gasteiger partial charge in [-0.05, 0) is 13.0 Å². The second kappa shape index (κ2) is 5.11. The van der Waals surface area contributed by atoms with Gasteiger partial charge in [0, 0.05) is 20.6 Å². The van der Waals surface area contributed by atoms with Gasteiger partial charge in [0.1, 0.15) is 0 Å². The molecule has 0 radical (unpaired) electrons. The van der Waals surface area contributed by atoms with Crippen LogP contribution >= 0.6 is 0 Å². The summed E-state index contributed by atoms with van der Waals surface area (Å²) >= 11 is 0. The minimum Gasteiger partial charge on any atom is -0.359 e. The molecule has 0 spiro atoms. The lowest BCUT2D eigenvalue weighted by Gasteiger charge is -2.31. The molecule has 1 unspecified atom stereocenters. The first-order chi connectivity index (χ1) is 7.06.